The third kappa shape index (κ3) is 3.29. The van der Waals surface area contributed by atoms with E-state index in [4.69, 9.17) is 18.0 Å². The molecule has 1 atom stereocenters. The van der Waals surface area contributed by atoms with Crippen molar-refractivity contribution in [3.8, 4) is 0 Å². The van der Waals surface area contributed by atoms with Gasteiger partial charge in [-0.1, -0.05) is 19.1 Å². The number of amides is 1. The first-order valence-corrected chi connectivity index (χ1v) is 6.36. The van der Waals surface area contributed by atoms with Crippen LogP contribution in [0, 0.1) is 12.8 Å². The Morgan fingerprint density at radius 1 is 1.67 bits per heavy atom. The molecule has 5 nitrogen and oxygen atoms in total. The van der Waals surface area contributed by atoms with E-state index in [0.717, 1.165) is 5.69 Å². The minimum atomic E-state index is -0.0550. The maximum Gasteiger partial charge on any atom is 0.271 e. The summed E-state index contributed by atoms with van der Waals surface area (Å²) in [7, 11) is 1.75. The Hall–Kier alpha value is -1.43. The molecule has 1 rings (SSSR count). The SMILES string of the molecule is CCn1nc(C)cc1C(=O)N(C)CC(C)C(N)=S. The van der Waals surface area contributed by atoms with Crippen molar-refractivity contribution in [3.63, 3.8) is 0 Å². The van der Waals surface area contributed by atoms with Crippen LogP contribution in [0.2, 0.25) is 0 Å². The van der Waals surface area contributed by atoms with E-state index in [1.165, 1.54) is 0 Å². The maximum atomic E-state index is 12.3. The number of hydrogen-bond donors (Lipinski definition) is 1. The van der Waals surface area contributed by atoms with Gasteiger partial charge in [0.25, 0.3) is 5.91 Å². The lowest BCUT2D eigenvalue weighted by atomic mass is 10.1. The molecule has 6 heteroatoms. The van der Waals surface area contributed by atoms with Gasteiger partial charge in [0.2, 0.25) is 0 Å². The van der Waals surface area contributed by atoms with Crippen LogP contribution in [0.4, 0.5) is 0 Å². The fourth-order valence-corrected chi connectivity index (χ4v) is 1.81. The fraction of sp³-hybridized carbons (Fsp3) is 0.583. The zero-order valence-corrected chi connectivity index (χ0v) is 12.1. The number of aromatic nitrogens is 2. The van der Waals surface area contributed by atoms with E-state index >= 15 is 0 Å². The standard InChI is InChI=1S/C12H20N4OS/c1-5-16-10(6-9(3)14-16)12(17)15(4)7-8(2)11(13)18/h6,8H,5,7H2,1-4H3,(H2,13,18). The highest BCUT2D eigenvalue weighted by Gasteiger charge is 2.19. The monoisotopic (exact) mass is 268 g/mol. The van der Waals surface area contributed by atoms with E-state index in [1.807, 2.05) is 20.8 Å². The Morgan fingerprint density at radius 2 is 2.28 bits per heavy atom. The number of hydrogen-bond acceptors (Lipinski definition) is 3. The van der Waals surface area contributed by atoms with E-state index in [2.05, 4.69) is 5.10 Å². The third-order valence-corrected chi connectivity index (χ3v) is 3.20. The van der Waals surface area contributed by atoms with E-state index < -0.39 is 0 Å². The zero-order chi connectivity index (χ0) is 13.9. The summed E-state index contributed by atoms with van der Waals surface area (Å²) in [5.41, 5.74) is 7.01. The normalized spacial score (nSPS) is 12.2. The van der Waals surface area contributed by atoms with Crippen LogP contribution in [0.15, 0.2) is 6.07 Å². The Kier molecular flexibility index (Phi) is 4.84. The number of nitrogens with two attached hydrogens (primary N) is 1. The van der Waals surface area contributed by atoms with Gasteiger partial charge in [-0.05, 0) is 19.9 Å². The number of nitrogens with zero attached hydrogens (tertiary/aromatic N) is 3. The summed E-state index contributed by atoms with van der Waals surface area (Å²) in [6.07, 6.45) is 0. The number of carbonyl (C=O) groups excluding carboxylic acids is 1. The number of rotatable bonds is 5. The van der Waals surface area contributed by atoms with Crippen LogP contribution in [0.1, 0.15) is 30.0 Å². The number of carbonyl (C=O) groups is 1. The van der Waals surface area contributed by atoms with Crippen molar-refractivity contribution >= 4 is 23.1 Å². The van der Waals surface area contributed by atoms with Crippen molar-refractivity contribution in [2.45, 2.75) is 27.3 Å². The van der Waals surface area contributed by atoms with E-state index in [0.29, 0.717) is 23.8 Å². The molecule has 1 amide bonds. The summed E-state index contributed by atoms with van der Waals surface area (Å²) in [4.78, 5) is 14.3. The fourth-order valence-electron chi connectivity index (χ4n) is 1.74. The molecule has 0 radical (unpaired) electrons. The molecule has 0 fully saturated rings. The van der Waals surface area contributed by atoms with Gasteiger partial charge < -0.3 is 10.6 Å². The highest BCUT2D eigenvalue weighted by Crippen LogP contribution is 2.09. The molecule has 0 aromatic carbocycles. The van der Waals surface area contributed by atoms with Crippen LogP contribution in [0.3, 0.4) is 0 Å². The minimum absolute atomic E-state index is 0.00745. The lowest BCUT2D eigenvalue weighted by molar-refractivity contribution is 0.0774. The molecule has 2 N–H and O–H groups in total. The largest absolute Gasteiger partial charge is 0.393 e. The first-order chi connectivity index (χ1) is 8.36. The van der Waals surface area contributed by atoms with Crippen molar-refractivity contribution in [2.75, 3.05) is 13.6 Å². The predicted molar refractivity (Wildman–Crippen MR) is 75.5 cm³/mol. The van der Waals surface area contributed by atoms with Crippen molar-refractivity contribution in [1.29, 1.82) is 0 Å². The van der Waals surface area contributed by atoms with Crippen LogP contribution >= 0.6 is 12.2 Å². The van der Waals surface area contributed by atoms with Gasteiger partial charge in [0.15, 0.2) is 0 Å². The van der Waals surface area contributed by atoms with Gasteiger partial charge in [-0.15, -0.1) is 0 Å². The third-order valence-electron chi connectivity index (χ3n) is 2.80. The molecule has 0 aliphatic carbocycles. The zero-order valence-electron chi connectivity index (χ0n) is 11.3. The second-order valence-electron chi connectivity index (χ2n) is 4.48. The Morgan fingerprint density at radius 3 is 2.78 bits per heavy atom. The van der Waals surface area contributed by atoms with E-state index in [-0.39, 0.29) is 11.8 Å². The second kappa shape index (κ2) is 5.95. The average molecular weight is 268 g/mol. The molecule has 1 heterocycles. The van der Waals surface area contributed by atoms with Gasteiger partial charge in [-0.3, -0.25) is 9.48 Å². The molecule has 0 saturated carbocycles. The Bertz CT molecular complexity index is 455. The highest BCUT2D eigenvalue weighted by atomic mass is 32.1. The molecule has 1 aromatic rings. The van der Waals surface area contributed by atoms with Gasteiger partial charge in [0, 0.05) is 26.1 Å². The highest BCUT2D eigenvalue weighted by molar-refractivity contribution is 7.80. The van der Waals surface area contributed by atoms with Crippen LogP contribution < -0.4 is 5.73 Å². The average Bonchev–Trinajstić information content (AvgIpc) is 2.69. The van der Waals surface area contributed by atoms with Gasteiger partial charge in [0.05, 0.1) is 10.7 Å². The predicted octanol–water partition coefficient (Wildman–Crippen LogP) is 1.21. The molecule has 0 saturated heterocycles. The van der Waals surface area contributed by atoms with E-state index in [1.54, 1.807) is 22.7 Å². The van der Waals surface area contributed by atoms with Gasteiger partial charge in [-0.2, -0.15) is 5.10 Å². The van der Waals surface area contributed by atoms with Crippen molar-refractivity contribution in [2.24, 2.45) is 11.7 Å². The molecule has 1 unspecified atom stereocenters. The molecule has 0 bridgehead atoms. The summed E-state index contributed by atoms with van der Waals surface area (Å²) in [6.45, 7) is 6.94. The van der Waals surface area contributed by atoms with Crippen molar-refractivity contribution in [3.05, 3.63) is 17.5 Å². The quantitative estimate of drug-likeness (QED) is 0.815. The van der Waals surface area contributed by atoms with Gasteiger partial charge in [0.1, 0.15) is 5.69 Å². The molecule has 100 valence electrons. The topological polar surface area (TPSA) is 64.2 Å². The van der Waals surface area contributed by atoms with Crippen LogP contribution in [-0.4, -0.2) is 39.2 Å². The molecular formula is C12H20N4OS. The molecule has 0 aliphatic heterocycles. The maximum absolute atomic E-state index is 12.3. The lowest BCUT2D eigenvalue weighted by Gasteiger charge is -2.21. The Balaban J connectivity index is 2.83. The summed E-state index contributed by atoms with van der Waals surface area (Å²) >= 11 is 4.91. The van der Waals surface area contributed by atoms with Crippen molar-refractivity contribution < 1.29 is 4.79 Å². The molecule has 0 spiro atoms. The summed E-state index contributed by atoms with van der Waals surface area (Å²) in [6, 6.07) is 1.80. The molecule has 0 aliphatic rings. The first-order valence-electron chi connectivity index (χ1n) is 5.96. The van der Waals surface area contributed by atoms with Gasteiger partial charge >= 0.3 is 0 Å². The van der Waals surface area contributed by atoms with E-state index in [9.17, 15) is 4.79 Å². The van der Waals surface area contributed by atoms with Crippen molar-refractivity contribution in [1.82, 2.24) is 14.7 Å². The minimum Gasteiger partial charge on any atom is -0.393 e. The summed E-state index contributed by atoms with van der Waals surface area (Å²) < 4.78 is 1.71. The van der Waals surface area contributed by atoms with Crippen LogP contribution in [0.25, 0.3) is 0 Å². The molecule has 1 aromatic heterocycles. The Labute approximate surface area is 113 Å². The molecular weight excluding hydrogens is 248 g/mol. The number of thiocarbonyl (C=S) groups is 1. The van der Waals surface area contributed by atoms with Crippen LogP contribution in [-0.2, 0) is 6.54 Å². The smallest absolute Gasteiger partial charge is 0.271 e. The van der Waals surface area contributed by atoms with Gasteiger partial charge in [-0.25, -0.2) is 0 Å². The molecule has 18 heavy (non-hydrogen) atoms. The lowest BCUT2D eigenvalue weighted by Crippen LogP contribution is -2.36. The summed E-state index contributed by atoms with van der Waals surface area (Å²) in [5, 5.41) is 4.27. The number of aryl methyl sites for hydroxylation is 2. The first kappa shape index (κ1) is 14.6. The second-order valence-corrected chi connectivity index (χ2v) is 4.95. The summed E-state index contributed by atoms with van der Waals surface area (Å²) in [5.74, 6) is -0.0476. The van der Waals surface area contributed by atoms with Crippen LogP contribution in [0.5, 0.6) is 0 Å².